The number of aliphatic hydroxyl groups excluding tert-OH is 1. The summed E-state index contributed by atoms with van der Waals surface area (Å²) in [6.45, 7) is 3.83. The minimum atomic E-state index is -4.31. The summed E-state index contributed by atoms with van der Waals surface area (Å²) in [5, 5.41) is 13.2. The normalized spacial score (nSPS) is 26.4. The first-order chi connectivity index (χ1) is 16.9. The monoisotopic (exact) mass is 528 g/mol. The number of nitrogens with two attached hydrogens (primary N) is 1. The first kappa shape index (κ1) is 27.8. The number of carbonyl (C=O) groups is 1. The Labute approximate surface area is 207 Å². The molecule has 1 aliphatic heterocycles. The molecule has 36 heavy (non-hydrogen) atoms. The summed E-state index contributed by atoms with van der Waals surface area (Å²) in [7, 11) is -3.13. The third kappa shape index (κ3) is 6.11. The Hall–Kier alpha value is -2.83. The van der Waals surface area contributed by atoms with Crippen LogP contribution in [0.1, 0.15) is 27.0 Å². The van der Waals surface area contributed by atoms with Crippen LogP contribution in [0.3, 0.4) is 0 Å². The van der Waals surface area contributed by atoms with E-state index in [2.05, 4.69) is 10.1 Å². The number of alkyl halides is 1. The van der Waals surface area contributed by atoms with Crippen molar-refractivity contribution in [2.45, 2.75) is 50.9 Å². The van der Waals surface area contributed by atoms with Crippen LogP contribution in [0.2, 0.25) is 0 Å². The Morgan fingerprint density at radius 1 is 1.36 bits per heavy atom. The zero-order valence-electron chi connectivity index (χ0n) is 20.2. The van der Waals surface area contributed by atoms with Crippen LogP contribution in [-0.4, -0.2) is 58.3 Å². The van der Waals surface area contributed by atoms with Crippen molar-refractivity contribution in [3.63, 3.8) is 0 Å². The Bertz CT molecular complexity index is 1160. The first-order valence-corrected chi connectivity index (χ1v) is 12.6. The predicted molar refractivity (Wildman–Crippen MR) is 127 cm³/mol. The van der Waals surface area contributed by atoms with Gasteiger partial charge in [0.15, 0.2) is 11.9 Å². The number of ether oxygens (including phenoxy) is 2. The van der Waals surface area contributed by atoms with Gasteiger partial charge in [-0.05, 0) is 31.0 Å². The number of rotatable bonds is 10. The van der Waals surface area contributed by atoms with Gasteiger partial charge < -0.3 is 24.8 Å². The van der Waals surface area contributed by atoms with Gasteiger partial charge in [-0.15, -0.1) is 0 Å². The molecular weight excluding hydrogens is 498 g/mol. The molecule has 0 radical (unpaired) electrons. The maximum Gasteiger partial charge on any atom is 0.459 e. The Morgan fingerprint density at radius 3 is 2.61 bits per heavy atom. The van der Waals surface area contributed by atoms with E-state index in [-0.39, 0.29) is 17.5 Å². The van der Waals surface area contributed by atoms with Gasteiger partial charge in [0.05, 0.1) is 13.7 Å². The lowest BCUT2D eigenvalue weighted by Gasteiger charge is -2.27. The smallest absolute Gasteiger partial charge is 0.459 e. The molecule has 1 aliphatic rings. The molecule has 0 spiro atoms. The Balaban J connectivity index is 1.84. The van der Waals surface area contributed by atoms with Crippen molar-refractivity contribution >= 4 is 19.5 Å². The van der Waals surface area contributed by atoms with E-state index in [1.807, 2.05) is 0 Å². The van der Waals surface area contributed by atoms with E-state index in [0.717, 1.165) is 11.5 Å². The highest BCUT2D eigenvalue weighted by atomic mass is 31.2. The second kappa shape index (κ2) is 11.1. The van der Waals surface area contributed by atoms with Crippen LogP contribution >= 0.6 is 7.75 Å². The molecule has 1 fully saturated rings. The number of esters is 1. The molecule has 0 aliphatic carbocycles. The summed E-state index contributed by atoms with van der Waals surface area (Å²) in [6, 6.07) is 8.25. The molecule has 1 aromatic carbocycles. The standard InChI is InChI=1S/C22H30FN4O8P/c1-13(2)17(19(29)32-4)26-36(31,35-14-8-6-5-7-9-14)33-12-15-18(28)22(3,23)20(34-15)27-11-10-16(24)25-21(27)30/h5-11,13,15,17-18,20,28H,12H2,1-4H3,(H,26,31)(H2,24,25,30)/t15-,17+,18-,20-,22-,36?/m1/s1. The number of benzene rings is 1. The van der Waals surface area contributed by atoms with E-state index in [9.17, 15) is 19.3 Å². The topological polar surface area (TPSA) is 164 Å². The Kier molecular flexibility index (Phi) is 8.52. The zero-order chi connectivity index (χ0) is 26.7. The molecule has 1 saturated heterocycles. The highest BCUT2D eigenvalue weighted by Crippen LogP contribution is 2.48. The van der Waals surface area contributed by atoms with Crippen LogP contribution in [-0.2, 0) is 23.4 Å². The van der Waals surface area contributed by atoms with Gasteiger partial charge in [-0.2, -0.15) is 10.1 Å². The van der Waals surface area contributed by atoms with Crippen LogP contribution in [0, 0.1) is 5.92 Å². The van der Waals surface area contributed by atoms with Gasteiger partial charge in [-0.25, -0.2) is 13.8 Å². The number of hydrogen-bond donors (Lipinski definition) is 3. The molecule has 1 unspecified atom stereocenters. The van der Waals surface area contributed by atoms with Gasteiger partial charge in [0.2, 0.25) is 0 Å². The fourth-order valence-corrected chi connectivity index (χ4v) is 5.27. The molecule has 198 valence electrons. The molecule has 6 atom stereocenters. The maximum absolute atomic E-state index is 15.5. The fourth-order valence-electron chi connectivity index (χ4n) is 3.61. The zero-order valence-corrected chi connectivity index (χ0v) is 21.1. The molecule has 0 bridgehead atoms. The molecular formula is C22H30FN4O8P. The number of nitrogen functional groups attached to an aromatic ring is 1. The summed E-state index contributed by atoms with van der Waals surface area (Å²) in [4.78, 5) is 28.0. The number of hydrogen-bond acceptors (Lipinski definition) is 10. The van der Waals surface area contributed by atoms with Gasteiger partial charge in [-0.1, -0.05) is 32.0 Å². The van der Waals surface area contributed by atoms with E-state index < -0.39 is 56.2 Å². The summed E-state index contributed by atoms with van der Waals surface area (Å²) in [5.41, 5.74) is 2.16. The average Bonchev–Trinajstić information content (AvgIpc) is 3.05. The summed E-state index contributed by atoms with van der Waals surface area (Å²) >= 11 is 0. The molecule has 0 amide bonds. The van der Waals surface area contributed by atoms with Crippen LogP contribution in [0.4, 0.5) is 10.2 Å². The van der Waals surface area contributed by atoms with Crippen molar-refractivity contribution in [2.24, 2.45) is 5.92 Å². The SMILES string of the molecule is COC(=O)[C@@H](NP(=O)(OC[C@H]1O[C@@H](n2ccc(N)nc2=O)[C@](C)(F)[C@@H]1O)Oc1ccccc1)C(C)C. The number of nitrogens with zero attached hydrogens (tertiary/aromatic N) is 2. The van der Waals surface area contributed by atoms with Gasteiger partial charge in [0.1, 0.15) is 29.8 Å². The van der Waals surface area contributed by atoms with E-state index >= 15 is 4.39 Å². The van der Waals surface area contributed by atoms with Gasteiger partial charge in [0.25, 0.3) is 0 Å². The number of aliphatic hydroxyl groups is 1. The summed E-state index contributed by atoms with van der Waals surface area (Å²) in [6.07, 6.45) is -3.52. The third-order valence-corrected chi connectivity index (χ3v) is 7.15. The number of anilines is 1. The van der Waals surface area contributed by atoms with E-state index in [0.29, 0.717) is 0 Å². The number of carbonyl (C=O) groups excluding carboxylic acids is 1. The van der Waals surface area contributed by atoms with Crippen molar-refractivity contribution in [2.75, 3.05) is 19.5 Å². The van der Waals surface area contributed by atoms with Crippen LogP contribution < -0.4 is 21.0 Å². The first-order valence-electron chi connectivity index (χ1n) is 11.1. The van der Waals surface area contributed by atoms with Crippen molar-refractivity contribution in [1.29, 1.82) is 0 Å². The van der Waals surface area contributed by atoms with E-state index in [1.165, 1.54) is 31.5 Å². The van der Waals surface area contributed by atoms with E-state index in [1.54, 1.807) is 32.0 Å². The molecule has 3 rings (SSSR count). The largest absolute Gasteiger partial charge is 0.468 e. The lowest BCUT2D eigenvalue weighted by Crippen LogP contribution is -2.43. The van der Waals surface area contributed by atoms with Crippen LogP contribution in [0.5, 0.6) is 5.75 Å². The van der Waals surface area contributed by atoms with Crippen molar-refractivity contribution in [3.05, 3.63) is 53.1 Å². The molecule has 12 nitrogen and oxygen atoms in total. The Morgan fingerprint density at radius 2 is 2.03 bits per heavy atom. The molecule has 2 heterocycles. The second-order valence-corrected chi connectivity index (χ2v) is 10.4. The minimum absolute atomic E-state index is 0.0642. The second-order valence-electron chi connectivity index (χ2n) is 8.74. The molecule has 4 N–H and O–H groups in total. The number of nitrogens with one attached hydrogen (secondary N) is 1. The number of methoxy groups -OCH3 is 1. The lowest BCUT2D eigenvalue weighted by atomic mass is 9.98. The predicted octanol–water partition coefficient (Wildman–Crippen LogP) is 1.80. The van der Waals surface area contributed by atoms with Crippen LogP contribution in [0.25, 0.3) is 0 Å². The third-order valence-electron chi connectivity index (χ3n) is 5.62. The fraction of sp³-hybridized carbons (Fsp3) is 0.500. The van der Waals surface area contributed by atoms with E-state index in [4.69, 9.17) is 24.3 Å². The lowest BCUT2D eigenvalue weighted by molar-refractivity contribution is -0.143. The van der Waals surface area contributed by atoms with Gasteiger partial charge in [0, 0.05) is 6.20 Å². The van der Waals surface area contributed by atoms with Crippen molar-refractivity contribution < 1.29 is 37.4 Å². The molecule has 0 saturated carbocycles. The minimum Gasteiger partial charge on any atom is -0.468 e. The molecule has 14 heteroatoms. The number of aromatic nitrogens is 2. The molecule has 2 aromatic rings. The highest BCUT2D eigenvalue weighted by molar-refractivity contribution is 7.52. The summed E-state index contributed by atoms with van der Waals surface area (Å²) in [5.74, 6) is -0.966. The van der Waals surface area contributed by atoms with Crippen molar-refractivity contribution in [1.82, 2.24) is 14.6 Å². The quantitative estimate of drug-likeness (QED) is 0.304. The van der Waals surface area contributed by atoms with Crippen molar-refractivity contribution in [3.8, 4) is 5.75 Å². The summed E-state index contributed by atoms with van der Waals surface area (Å²) < 4.78 is 51.5. The highest BCUT2D eigenvalue weighted by Gasteiger charge is 2.56. The maximum atomic E-state index is 15.5. The number of para-hydroxylation sites is 1. The van der Waals surface area contributed by atoms with Gasteiger partial charge in [-0.3, -0.25) is 13.9 Å². The average molecular weight is 528 g/mol. The number of halogens is 1. The molecule has 1 aromatic heterocycles. The van der Waals surface area contributed by atoms with Gasteiger partial charge >= 0.3 is 19.4 Å². The van der Waals surface area contributed by atoms with Crippen LogP contribution in [0.15, 0.2) is 47.4 Å².